The highest BCUT2D eigenvalue weighted by Gasteiger charge is 2.66. The molecule has 0 unspecified atom stereocenters. The zero-order valence-electron chi connectivity index (χ0n) is 10.5. The fourth-order valence-corrected chi connectivity index (χ4v) is 2.83. The van der Waals surface area contributed by atoms with Gasteiger partial charge in [-0.1, -0.05) is 33.8 Å². The van der Waals surface area contributed by atoms with E-state index in [0.717, 1.165) is 0 Å². The molecule has 86 valence electrons. The third-order valence-corrected chi connectivity index (χ3v) is 3.70. The van der Waals surface area contributed by atoms with Crippen LogP contribution in [0.3, 0.4) is 0 Å². The van der Waals surface area contributed by atoms with Crippen molar-refractivity contribution in [1.82, 2.24) is 0 Å². The van der Waals surface area contributed by atoms with Crippen molar-refractivity contribution in [3.05, 3.63) is 12.7 Å². The number of esters is 1. The van der Waals surface area contributed by atoms with Crippen molar-refractivity contribution in [1.29, 1.82) is 0 Å². The summed E-state index contributed by atoms with van der Waals surface area (Å²) in [5.74, 6) is 0.328. The smallest absolute Gasteiger partial charge is 0.309 e. The SMILES string of the molecule is C=CC(C)(C)[C@@H]1[C@H](C(=O)OCC)C1(C)C. The summed E-state index contributed by atoms with van der Waals surface area (Å²) >= 11 is 0. The van der Waals surface area contributed by atoms with Gasteiger partial charge >= 0.3 is 5.97 Å². The molecule has 1 aliphatic carbocycles. The van der Waals surface area contributed by atoms with Crippen molar-refractivity contribution in [3.8, 4) is 0 Å². The van der Waals surface area contributed by atoms with Gasteiger partial charge in [0, 0.05) is 0 Å². The molecular formula is C13H22O2. The highest BCUT2D eigenvalue weighted by molar-refractivity contribution is 5.78. The van der Waals surface area contributed by atoms with Gasteiger partial charge in [-0.05, 0) is 23.7 Å². The Morgan fingerprint density at radius 3 is 2.47 bits per heavy atom. The molecule has 0 aromatic carbocycles. The Morgan fingerprint density at radius 2 is 2.07 bits per heavy atom. The Hall–Kier alpha value is -0.790. The normalized spacial score (nSPS) is 28.3. The minimum absolute atomic E-state index is 0.000921. The van der Waals surface area contributed by atoms with E-state index in [2.05, 4.69) is 34.3 Å². The molecule has 0 aliphatic heterocycles. The van der Waals surface area contributed by atoms with Crippen LogP contribution in [0, 0.1) is 22.7 Å². The molecular weight excluding hydrogens is 188 g/mol. The van der Waals surface area contributed by atoms with Crippen molar-refractivity contribution >= 4 is 5.97 Å². The first kappa shape index (κ1) is 12.3. The van der Waals surface area contributed by atoms with Crippen LogP contribution < -0.4 is 0 Å². The van der Waals surface area contributed by atoms with Gasteiger partial charge in [-0.2, -0.15) is 0 Å². The lowest BCUT2D eigenvalue weighted by atomic mass is 9.83. The lowest BCUT2D eigenvalue weighted by Gasteiger charge is -2.21. The molecule has 2 atom stereocenters. The molecule has 0 amide bonds. The quantitative estimate of drug-likeness (QED) is 0.526. The molecule has 0 aromatic rings. The minimum Gasteiger partial charge on any atom is -0.466 e. The first-order chi connectivity index (χ1) is 6.79. The van der Waals surface area contributed by atoms with Crippen molar-refractivity contribution in [2.75, 3.05) is 6.61 Å². The van der Waals surface area contributed by atoms with Crippen LogP contribution in [-0.4, -0.2) is 12.6 Å². The van der Waals surface area contributed by atoms with Gasteiger partial charge in [0.05, 0.1) is 12.5 Å². The monoisotopic (exact) mass is 210 g/mol. The van der Waals surface area contributed by atoms with Gasteiger partial charge in [0.1, 0.15) is 0 Å². The maximum absolute atomic E-state index is 11.7. The third-order valence-electron chi connectivity index (χ3n) is 3.70. The number of carbonyl (C=O) groups excluding carboxylic acids is 1. The molecule has 0 bridgehead atoms. The van der Waals surface area contributed by atoms with Crippen LogP contribution in [0.2, 0.25) is 0 Å². The highest BCUT2D eigenvalue weighted by Crippen LogP contribution is 2.66. The van der Waals surface area contributed by atoms with Crippen LogP contribution in [0.5, 0.6) is 0 Å². The van der Waals surface area contributed by atoms with Gasteiger partial charge in [0.15, 0.2) is 0 Å². The molecule has 2 heteroatoms. The van der Waals surface area contributed by atoms with E-state index in [1.165, 1.54) is 0 Å². The predicted molar refractivity (Wildman–Crippen MR) is 61.4 cm³/mol. The Bertz CT molecular complexity index is 276. The molecule has 1 fully saturated rings. The van der Waals surface area contributed by atoms with E-state index in [0.29, 0.717) is 12.5 Å². The van der Waals surface area contributed by atoms with Crippen LogP contribution >= 0.6 is 0 Å². The fourth-order valence-electron chi connectivity index (χ4n) is 2.83. The second-order valence-corrected chi connectivity index (χ2v) is 5.55. The molecule has 2 nitrogen and oxygen atoms in total. The summed E-state index contributed by atoms with van der Waals surface area (Å²) in [6.07, 6.45) is 1.94. The van der Waals surface area contributed by atoms with E-state index in [1.807, 2.05) is 13.0 Å². The zero-order chi connectivity index (χ0) is 11.9. The van der Waals surface area contributed by atoms with Crippen molar-refractivity contribution < 1.29 is 9.53 Å². The van der Waals surface area contributed by atoms with Gasteiger partial charge in [0.25, 0.3) is 0 Å². The van der Waals surface area contributed by atoms with Gasteiger partial charge in [-0.15, -0.1) is 6.58 Å². The van der Waals surface area contributed by atoms with Crippen LogP contribution in [0.4, 0.5) is 0 Å². The van der Waals surface area contributed by atoms with E-state index >= 15 is 0 Å². The second-order valence-electron chi connectivity index (χ2n) is 5.55. The maximum atomic E-state index is 11.7. The number of ether oxygens (including phenoxy) is 1. The summed E-state index contributed by atoms with van der Waals surface area (Å²) in [6.45, 7) is 14.7. The number of hydrogen-bond donors (Lipinski definition) is 0. The van der Waals surface area contributed by atoms with Crippen molar-refractivity contribution in [2.45, 2.75) is 34.6 Å². The predicted octanol–water partition coefficient (Wildman–Crippen LogP) is 3.03. The molecule has 1 rings (SSSR count). The number of rotatable bonds is 4. The molecule has 15 heavy (non-hydrogen) atoms. The van der Waals surface area contributed by atoms with Gasteiger partial charge in [-0.25, -0.2) is 0 Å². The first-order valence-corrected chi connectivity index (χ1v) is 5.59. The zero-order valence-corrected chi connectivity index (χ0v) is 10.5. The summed E-state index contributed by atoms with van der Waals surface area (Å²) in [5, 5.41) is 0. The highest BCUT2D eigenvalue weighted by atomic mass is 16.5. The Morgan fingerprint density at radius 1 is 1.53 bits per heavy atom. The van der Waals surface area contributed by atoms with Crippen LogP contribution in [0.15, 0.2) is 12.7 Å². The van der Waals surface area contributed by atoms with Crippen molar-refractivity contribution in [3.63, 3.8) is 0 Å². The minimum atomic E-state index is -0.0533. The second kappa shape index (κ2) is 3.66. The average molecular weight is 210 g/mol. The van der Waals surface area contributed by atoms with E-state index in [4.69, 9.17) is 4.74 Å². The fraction of sp³-hybridized carbons (Fsp3) is 0.769. The molecule has 0 aromatic heterocycles. The van der Waals surface area contributed by atoms with Gasteiger partial charge in [-0.3, -0.25) is 4.79 Å². The van der Waals surface area contributed by atoms with E-state index < -0.39 is 0 Å². The number of allylic oxidation sites excluding steroid dienone is 1. The first-order valence-electron chi connectivity index (χ1n) is 5.59. The molecule has 0 radical (unpaired) electrons. The topological polar surface area (TPSA) is 26.3 Å². The Labute approximate surface area is 92.7 Å². The number of carbonyl (C=O) groups is 1. The third kappa shape index (κ3) is 1.95. The van der Waals surface area contributed by atoms with Crippen LogP contribution in [-0.2, 0) is 9.53 Å². The summed E-state index contributed by atoms with van der Waals surface area (Å²) in [7, 11) is 0. The summed E-state index contributed by atoms with van der Waals surface area (Å²) in [5.41, 5.74) is 0.0465. The summed E-state index contributed by atoms with van der Waals surface area (Å²) in [6, 6.07) is 0. The van der Waals surface area contributed by atoms with Gasteiger partial charge < -0.3 is 4.74 Å². The molecule has 0 N–H and O–H groups in total. The van der Waals surface area contributed by atoms with Gasteiger partial charge in [0.2, 0.25) is 0 Å². The Balaban J connectivity index is 2.79. The summed E-state index contributed by atoms with van der Waals surface area (Å²) < 4.78 is 5.10. The van der Waals surface area contributed by atoms with Crippen LogP contribution in [0.1, 0.15) is 34.6 Å². The van der Waals surface area contributed by atoms with E-state index in [1.54, 1.807) is 0 Å². The lowest BCUT2D eigenvalue weighted by Crippen LogP contribution is -2.16. The molecule has 0 saturated heterocycles. The summed E-state index contributed by atoms with van der Waals surface area (Å²) in [4.78, 5) is 11.7. The molecule has 0 spiro atoms. The molecule has 1 saturated carbocycles. The average Bonchev–Trinajstić information content (AvgIpc) is 2.70. The largest absolute Gasteiger partial charge is 0.466 e. The van der Waals surface area contributed by atoms with Crippen molar-refractivity contribution in [2.24, 2.45) is 22.7 Å². The molecule has 0 heterocycles. The van der Waals surface area contributed by atoms with E-state index in [9.17, 15) is 4.79 Å². The standard InChI is InChI=1S/C13H22O2/c1-7-12(3,4)10-9(13(10,5)6)11(14)15-8-2/h7,9-10H,1,8H2,2-6H3/t9-,10+/m1/s1. The number of hydrogen-bond acceptors (Lipinski definition) is 2. The maximum Gasteiger partial charge on any atom is 0.309 e. The molecule has 1 aliphatic rings. The lowest BCUT2D eigenvalue weighted by molar-refractivity contribution is -0.146. The Kier molecular flexibility index (Phi) is 2.99. The van der Waals surface area contributed by atoms with E-state index in [-0.39, 0.29) is 22.7 Å². The van der Waals surface area contributed by atoms with Crippen LogP contribution in [0.25, 0.3) is 0 Å².